The molecule has 0 spiro atoms. The molecular weight excluding hydrogens is 366 g/mol. The molecule has 29 heavy (non-hydrogen) atoms. The molecule has 2 aromatic carbocycles. The lowest BCUT2D eigenvalue weighted by molar-refractivity contribution is 0.102. The molecule has 4 rings (SSSR count). The molecule has 4 aromatic rings. The molecule has 2 heterocycles. The summed E-state index contributed by atoms with van der Waals surface area (Å²) in [5.74, 6) is 1.02. The van der Waals surface area contributed by atoms with Crippen molar-refractivity contribution in [1.82, 2.24) is 9.97 Å². The number of benzene rings is 2. The zero-order valence-electron chi connectivity index (χ0n) is 16.5. The Balaban J connectivity index is 1.58. The fraction of sp³-hybridized carbons (Fsp3) is 0.174. The van der Waals surface area contributed by atoms with Crippen molar-refractivity contribution in [2.75, 3.05) is 5.32 Å². The normalized spacial score (nSPS) is 11.0. The lowest BCUT2D eigenvalue weighted by Crippen LogP contribution is -2.13. The molecule has 2 aromatic heterocycles. The fourth-order valence-electron chi connectivity index (χ4n) is 3.04. The van der Waals surface area contributed by atoms with E-state index in [2.05, 4.69) is 15.3 Å². The topological polar surface area (TPSA) is 77.2 Å². The number of ether oxygens (including phenoxy) is 1. The molecule has 1 amide bonds. The Morgan fingerprint density at radius 1 is 1.07 bits per heavy atom. The Morgan fingerprint density at radius 3 is 2.59 bits per heavy atom. The number of hydrogen-bond acceptors (Lipinski definition) is 5. The smallest absolute Gasteiger partial charge is 0.255 e. The van der Waals surface area contributed by atoms with Gasteiger partial charge in [0.15, 0.2) is 11.2 Å². The van der Waals surface area contributed by atoms with Gasteiger partial charge in [0.1, 0.15) is 5.75 Å². The van der Waals surface area contributed by atoms with Crippen LogP contribution in [-0.4, -0.2) is 22.0 Å². The highest BCUT2D eigenvalue weighted by atomic mass is 16.5. The summed E-state index contributed by atoms with van der Waals surface area (Å²) in [5.41, 5.74) is 4.11. The van der Waals surface area contributed by atoms with Gasteiger partial charge in [-0.1, -0.05) is 6.07 Å². The largest absolute Gasteiger partial charge is 0.491 e. The molecule has 6 heteroatoms. The Hall–Kier alpha value is -3.67. The van der Waals surface area contributed by atoms with Crippen molar-refractivity contribution in [3.05, 3.63) is 71.9 Å². The molecule has 1 N–H and O–H groups in total. The highest BCUT2D eigenvalue weighted by Gasteiger charge is 2.15. The number of pyridine rings is 1. The van der Waals surface area contributed by atoms with Crippen LogP contribution in [0, 0.1) is 6.92 Å². The van der Waals surface area contributed by atoms with E-state index in [9.17, 15) is 4.79 Å². The average Bonchev–Trinajstić information content (AvgIpc) is 3.13. The predicted molar refractivity (Wildman–Crippen MR) is 112 cm³/mol. The van der Waals surface area contributed by atoms with Gasteiger partial charge in [-0.2, -0.15) is 4.98 Å². The van der Waals surface area contributed by atoms with E-state index in [-0.39, 0.29) is 12.0 Å². The maximum Gasteiger partial charge on any atom is 0.255 e. The van der Waals surface area contributed by atoms with Crippen molar-refractivity contribution < 1.29 is 13.9 Å². The molecule has 0 unspecified atom stereocenters. The number of aromatic nitrogens is 2. The van der Waals surface area contributed by atoms with E-state index < -0.39 is 0 Å². The van der Waals surface area contributed by atoms with Crippen LogP contribution in [0.5, 0.6) is 5.75 Å². The lowest BCUT2D eigenvalue weighted by Gasteiger charge is -2.12. The van der Waals surface area contributed by atoms with Gasteiger partial charge in [-0.05, 0) is 74.9 Å². The Kier molecular flexibility index (Phi) is 4.99. The van der Waals surface area contributed by atoms with Crippen LogP contribution in [0.1, 0.15) is 29.8 Å². The molecule has 0 fully saturated rings. The molecule has 0 bridgehead atoms. The third-order valence-corrected chi connectivity index (χ3v) is 4.47. The molecule has 0 aliphatic carbocycles. The van der Waals surface area contributed by atoms with Crippen molar-refractivity contribution in [2.24, 2.45) is 0 Å². The summed E-state index contributed by atoms with van der Waals surface area (Å²) >= 11 is 0. The number of oxazole rings is 1. The summed E-state index contributed by atoms with van der Waals surface area (Å²) in [7, 11) is 0. The monoisotopic (exact) mass is 387 g/mol. The Bertz CT molecular complexity index is 1130. The zero-order valence-corrected chi connectivity index (χ0v) is 16.5. The van der Waals surface area contributed by atoms with Crippen LogP contribution in [-0.2, 0) is 0 Å². The van der Waals surface area contributed by atoms with Crippen LogP contribution >= 0.6 is 0 Å². The van der Waals surface area contributed by atoms with Crippen LogP contribution in [0.2, 0.25) is 0 Å². The standard InChI is InChI=1S/C23H21N3O3/c1-14(2)28-17-11-9-16(10-12-17)22(27)25-19-7-4-6-18(15(19)3)23-26-21-20(29-23)8-5-13-24-21/h4-14H,1-3H3,(H,25,27). The first-order valence-corrected chi connectivity index (χ1v) is 9.41. The van der Waals surface area contributed by atoms with Crippen molar-refractivity contribution in [2.45, 2.75) is 26.9 Å². The molecule has 6 nitrogen and oxygen atoms in total. The minimum atomic E-state index is -0.194. The maximum absolute atomic E-state index is 12.7. The first-order chi connectivity index (χ1) is 14.0. The fourth-order valence-corrected chi connectivity index (χ4v) is 3.04. The molecule has 0 aliphatic heterocycles. The number of hydrogen-bond donors (Lipinski definition) is 1. The van der Waals surface area contributed by atoms with E-state index in [1.54, 1.807) is 36.5 Å². The van der Waals surface area contributed by atoms with Gasteiger partial charge in [0.2, 0.25) is 5.89 Å². The van der Waals surface area contributed by atoms with E-state index in [4.69, 9.17) is 9.15 Å². The number of rotatable bonds is 5. The number of nitrogens with one attached hydrogen (secondary N) is 1. The van der Waals surface area contributed by atoms with E-state index >= 15 is 0 Å². The number of fused-ring (bicyclic) bond motifs is 1. The van der Waals surface area contributed by atoms with Crippen molar-refractivity contribution in [1.29, 1.82) is 0 Å². The van der Waals surface area contributed by atoms with E-state index in [1.807, 2.05) is 45.0 Å². The highest BCUT2D eigenvalue weighted by molar-refractivity contribution is 6.05. The minimum Gasteiger partial charge on any atom is -0.491 e. The molecule has 0 radical (unpaired) electrons. The summed E-state index contributed by atoms with van der Waals surface area (Å²) in [6, 6.07) is 16.3. The average molecular weight is 387 g/mol. The molecule has 0 atom stereocenters. The quantitative estimate of drug-likeness (QED) is 0.507. The van der Waals surface area contributed by atoms with Crippen LogP contribution in [0.25, 0.3) is 22.7 Å². The molecule has 0 aliphatic rings. The number of carbonyl (C=O) groups excluding carboxylic acids is 1. The maximum atomic E-state index is 12.7. The van der Waals surface area contributed by atoms with E-state index in [1.165, 1.54) is 0 Å². The van der Waals surface area contributed by atoms with Crippen LogP contribution in [0.15, 0.2) is 65.2 Å². The summed E-state index contributed by atoms with van der Waals surface area (Å²) in [4.78, 5) is 21.3. The van der Waals surface area contributed by atoms with Crippen LogP contribution in [0.4, 0.5) is 5.69 Å². The van der Waals surface area contributed by atoms with Crippen molar-refractivity contribution in [3.63, 3.8) is 0 Å². The van der Waals surface area contributed by atoms with Crippen LogP contribution in [0.3, 0.4) is 0 Å². The number of nitrogens with zero attached hydrogens (tertiary/aromatic N) is 2. The Labute approximate surface area is 168 Å². The molecule has 0 saturated carbocycles. The second kappa shape index (κ2) is 7.75. The molecule has 0 saturated heterocycles. The van der Waals surface area contributed by atoms with Gasteiger partial charge in [0.05, 0.1) is 6.10 Å². The van der Waals surface area contributed by atoms with Gasteiger partial charge in [-0.3, -0.25) is 4.79 Å². The molecular formula is C23H21N3O3. The van der Waals surface area contributed by atoms with Gasteiger partial charge in [0, 0.05) is 23.0 Å². The first kappa shape index (κ1) is 18.7. The summed E-state index contributed by atoms with van der Waals surface area (Å²) < 4.78 is 11.4. The van der Waals surface area contributed by atoms with Gasteiger partial charge < -0.3 is 14.5 Å². The number of anilines is 1. The van der Waals surface area contributed by atoms with Crippen molar-refractivity contribution in [3.8, 4) is 17.2 Å². The van der Waals surface area contributed by atoms with Gasteiger partial charge in [-0.25, -0.2) is 4.98 Å². The zero-order chi connectivity index (χ0) is 20.4. The third kappa shape index (κ3) is 3.96. The van der Waals surface area contributed by atoms with Crippen molar-refractivity contribution >= 4 is 22.8 Å². The van der Waals surface area contributed by atoms with E-state index in [0.29, 0.717) is 28.4 Å². The summed E-state index contributed by atoms with van der Waals surface area (Å²) in [5, 5.41) is 2.97. The predicted octanol–water partition coefficient (Wildman–Crippen LogP) is 5.24. The van der Waals surface area contributed by atoms with Gasteiger partial charge in [-0.15, -0.1) is 0 Å². The van der Waals surface area contributed by atoms with Crippen LogP contribution < -0.4 is 10.1 Å². The molecule has 146 valence electrons. The number of carbonyl (C=O) groups is 1. The SMILES string of the molecule is Cc1c(NC(=O)c2ccc(OC(C)C)cc2)cccc1-c1nc2ncccc2o1. The summed E-state index contributed by atoms with van der Waals surface area (Å²) in [6.45, 7) is 5.85. The highest BCUT2D eigenvalue weighted by Crippen LogP contribution is 2.30. The second-order valence-electron chi connectivity index (χ2n) is 6.97. The number of amides is 1. The second-order valence-corrected chi connectivity index (χ2v) is 6.97. The third-order valence-electron chi connectivity index (χ3n) is 4.47. The lowest BCUT2D eigenvalue weighted by atomic mass is 10.1. The first-order valence-electron chi connectivity index (χ1n) is 9.41. The van der Waals surface area contributed by atoms with Gasteiger partial charge >= 0.3 is 0 Å². The Morgan fingerprint density at radius 2 is 1.86 bits per heavy atom. The summed E-state index contributed by atoms with van der Waals surface area (Å²) in [6.07, 6.45) is 1.76. The van der Waals surface area contributed by atoms with Gasteiger partial charge in [0.25, 0.3) is 5.91 Å². The minimum absolute atomic E-state index is 0.0853. The van der Waals surface area contributed by atoms with E-state index in [0.717, 1.165) is 16.9 Å².